The second-order valence-electron chi connectivity index (χ2n) is 10.7. The first-order chi connectivity index (χ1) is 23.1. The Balaban J connectivity index is 1.35. The summed E-state index contributed by atoms with van der Waals surface area (Å²) in [6.07, 6.45) is 5.06. The molecule has 0 radical (unpaired) electrons. The van der Waals surface area contributed by atoms with Gasteiger partial charge in [-0.15, -0.1) is 0 Å². The molecule has 0 aliphatic rings. The Labute approximate surface area is 275 Å². The Bertz CT molecular complexity index is 2010. The highest BCUT2D eigenvalue weighted by atomic mass is 16.5. The van der Waals surface area contributed by atoms with Gasteiger partial charge in [0.15, 0.2) is 5.65 Å². The number of anilines is 3. The lowest BCUT2D eigenvalue weighted by molar-refractivity contribution is 0.0991. The number of allylic oxidation sites excluding steroid dienone is 1. The predicted octanol–water partition coefficient (Wildman–Crippen LogP) is 3.24. The number of fused-ring (bicyclic) bond motifs is 1. The average Bonchev–Trinajstić information content (AvgIpc) is 3.63. The molecule has 3 aromatic heterocycles. The van der Waals surface area contributed by atoms with Crippen molar-refractivity contribution in [2.24, 2.45) is 11.5 Å². The maximum atomic E-state index is 13.2. The first kappa shape index (κ1) is 33.0. The van der Waals surface area contributed by atoms with Crippen LogP contribution in [0.3, 0.4) is 0 Å². The van der Waals surface area contributed by atoms with Gasteiger partial charge in [-0.1, -0.05) is 24.3 Å². The van der Waals surface area contributed by atoms with Gasteiger partial charge >= 0.3 is 0 Å². The number of rotatable bonds is 14. The molecule has 15 heteroatoms. The summed E-state index contributed by atoms with van der Waals surface area (Å²) in [5, 5.41) is 10.4. The Hall–Kier alpha value is -6.38. The minimum atomic E-state index is -0.645. The van der Waals surface area contributed by atoms with Gasteiger partial charge in [-0.05, 0) is 55.8 Å². The number of nitrogen functional groups attached to an aromatic ring is 1. The fraction of sp³-hybridized carbons (Fsp3) is 0.212. The summed E-state index contributed by atoms with van der Waals surface area (Å²) in [6.45, 7) is 5.00. The van der Waals surface area contributed by atoms with Crippen LogP contribution in [0.1, 0.15) is 49.4 Å². The molecule has 2 aromatic carbocycles. The number of aryl methyl sites for hydroxylation is 2. The van der Waals surface area contributed by atoms with E-state index in [4.69, 9.17) is 26.7 Å². The van der Waals surface area contributed by atoms with Crippen molar-refractivity contribution in [2.45, 2.75) is 33.5 Å². The van der Waals surface area contributed by atoms with Crippen molar-refractivity contribution in [3.8, 4) is 11.5 Å². The number of amides is 3. The van der Waals surface area contributed by atoms with E-state index in [2.05, 4.69) is 25.7 Å². The molecule has 0 bridgehead atoms. The molecule has 0 aliphatic carbocycles. The van der Waals surface area contributed by atoms with Crippen LogP contribution in [0.2, 0.25) is 0 Å². The molecule has 0 aliphatic heterocycles. The minimum absolute atomic E-state index is 0.189. The van der Waals surface area contributed by atoms with Crippen LogP contribution >= 0.6 is 0 Å². The van der Waals surface area contributed by atoms with Crippen LogP contribution in [0.4, 0.5) is 17.3 Å². The lowest BCUT2D eigenvalue weighted by Gasteiger charge is -2.16. The number of carbonyl (C=O) groups is 3. The zero-order valence-electron chi connectivity index (χ0n) is 26.7. The molecule has 0 atom stereocenters. The second-order valence-corrected chi connectivity index (χ2v) is 10.7. The highest BCUT2D eigenvalue weighted by Gasteiger charge is 2.19. The highest BCUT2D eigenvalue weighted by molar-refractivity contribution is 6.03. The van der Waals surface area contributed by atoms with Crippen LogP contribution < -0.4 is 37.3 Å². The molecule has 15 nitrogen and oxygen atoms in total. The third kappa shape index (κ3) is 7.36. The second kappa shape index (κ2) is 14.4. The normalized spacial score (nSPS) is 11.1. The number of carbonyl (C=O) groups excluding carboxylic acids is 3. The molecule has 3 heterocycles. The predicted molar refractivity (Wildman–Crippen MR) is 181 cm³/mol. The van der Waals surface area contributed by atoms with Gasteiger partial charge in [0.2, 0.25) is 17.8 Å². The van der Waals surface area contributed by atoms with E-state index in [9.17, 15) is 14.4 Å². The summed E-state index contributed by atoms with van der Waals surface area (Å²) in [4.78, 5) is 45.9. The van der Waals surface area contributed by atoms with Crippen LogP contribution in [0.15, 0.2) is 66.9 Å². The number of hydrogen-bond acceptors (Lipinski definition) is 10. The van der Waals surface area contributed by atoms with Gasteiger partial charge in [0.25, 0.3) is 5.91 Å². The van der Waals surface area contributed by atoms with Crippen molar-refractivity contribution in [1.29, 1.82) is 0 Å². The largest absolute Gasteiger partial charge is 0.497 e. The van der Waals surface area contributed by atoms with E-state index in [0.717, 1.165) is 11.3 Å². The number of methoxy groups -OCH3 is 1. The lowest BCUT2D eigenvalue weighted by Crippen LogP contribution is -2.20. The zero-order chi connectivity index (χ0) is 34.4. The van der Waals surface area contributed by atoms with Crippen molar-refractivity contribution < 1.29 is 23.9 Å². The van der Waals surface area contributed by atoms with Gasteiger partial charge in [-0.2, -0.15) is 5.10 Å². The van der Waals surface area contributed by atoms with Gasteiger partial charge in [0.1, 0.15) is 35.0 Å². The van der Waals surface area contributed by atoms with E-state index in [1.807, 2.05) is 50.3 Å². The number of hydrogen-bond donors (Lipinski definition) is 5. The van der Waals surface area contributed by atoms with Crippen molar-refractivity contribution in [1.82, 2.24) is 24.3 Å². The molecule has 0 saturated carbocycles. The molecule has 248 valence electrons. The number of benzene rings is 2. The number of pyridine rings is 1. The molecule has 8 N–H and O–H groups in total. The van der Waals surface area contributed by atoms with Crippen molar-refractivity contribution in [3.05, 3.63) is 95.0 Å². The first-order valence-corrected chi connectivity index (χ1v) is 15.0. The molecule has 5 aromatic rings. The number of ether oxygens (including phenoxy) is 2. The fourth-order valence-corrected chi connectivity index (χ4v) is 4.94. The zero-order valence-corrected chi connectivity index (χ0v) is 26.7. The first-order valence-electron chi connectivity index (χ1n) is 15.0. The Morgan fingerprint density at radius 1 is 1.00 bits per heavy atom. The molecular weight excluding hydrogens is 616 g/mol. The topological polar surface area (TPSA) is 220 Å². The maximum Gasteiger partial charge on any atom is 0.276 e. The van der Waals surface area contributed by atoms with Crippen LogP contribution in [-0.4, -0.2) is 55.7 Å². The van der Waals surface area contributed by atoms with E-state index < -0.39 is 17.7 Å². The van der Waals surface area contributed by atoms with Crippen LogP contribution in [0.5, 0.6) is 11.5 Å². The number of nitrogens with one attached hydrogen (secondary N) is 2. The van der Waals surface area contributed by atoms with E-state index in [1.54, 1.807) is 28.5 Å². The number of aromatic nitrogens is 5. The minimum Gasteiger partial charge on any atom is -0.497 e. The van der Waals surface area contributed by atoms with Gasteiger partial charge in [-0.25, -0.2) is 9.97 Å². The Morgan fingerprint density at radius 2 is 1.75 bits per heavy atom. The third-order valence-corrected chi connectivity index (χ3v) is 7.35. The van der Waals surface area contributed by atoms with E-state index in [1.165, 1.54) is 18.3 Å². The molecule has 0 saturated heterocycles. The molecule has 0 unspecified atom stereocenters. The Morgan fingerprint density at radius 3 is 2.44 bits per heavy atom. The fourth-order valence-electron chi connectivity index (χ4n) is 4.94. The van der Waals surface area contributed by atoms with Crippen LogP contribution in [0, 0.1) is 6.92 Å². The smallest absolute Gasteiger partial charge is 0.276 e. The number of imidazole rings is 1. The quantitative estimate of drug-likeness (QED) is 0.0870. The van der Waals surface area contributed by atoms with Crippen molar-refractivity contribution in [3.63, 3.8) is 0 Å². The maximum absolute atomic E-state index is 13.2. The molecule has 3 amide bonds. The van der Waals surface area contributed by atoms with Crippen molar-refractivity contribution >= 4 is 46.2 Å². The van der Waals surface area contributed by atoms with Gasteiger partial charge in [0.05, 0.1) is 24.1 Å². The summed E-state index contributed by atoms with van der Waals surface area (Å²) >= 11 is 0. The molecule has 0 spiro atoms. The highest BCUT2D eigenvalue weighted by Crippen LogP contribution is 2.33. The third-order valence-electron chi connectivity index (χ3n) is 7.35. The number of nitrogens with zero attached hydrogens (tertiary/aromatic N) is 5. The van der Waals surface area contributed by atoms with Gasteiger partial charge < -0.3 is 32.0 Å². The number of nitrogens with two attached hydrogens (primary N) is 3. The summed E-state index contributed by atoms with van der Waals surface area (Å²) < 4.78 is 14.6. The molecular formula is C33H36N10O5. The van der Waals surface area contributed by atoms with Crippen LogP contribution in [-0.2, 0) is 19.7 Å². The standard InChI is InChI=1S/C33H36N10O5/c1-4-43-26(13-19(2)41-43)32(46)40-33-39-25-15-22(30(36)45)17-38-31(25)42(33)12-6-5-11-37-28-24(34)14-21(29(35)44)16-27(28)48-18-20-7-9-23(47-3)10-8-20/h5-10,13-17,37H,4,11-12,18,34H2,1-3H3,(H2,35,44)(H2,36,45)(H,39,40,46)/b6-5+. The average molecular weight is 653 g/mol. The molecule has 0 fully saturated rings. The number of primary amides is 2. The summed E-state index contributed by atoms with van der Waals surface area (Å²) in [5.41, 5.74) is 21.2. The van der Waals surface area contributed by atoms with E-state index in [-0.39, 0.29) is 35.9 Å². The molecule has 48 heavy (non-hydrogen) atoms. The summed E-state index contributed by atoms with van der Waals surface area (Å²) in [6, 6.07) is 13.6. The Kier molecular flexibility index (Phi) is 9.88. The summed E-state index contributed by atoms with van der Waals surface area (Å²) in [5.74, 6) is -0.376. The van der Waals surface area contributed by atoms with Crippen molar-refractivity contribution in [2.75, 3.05) is 30.0 Å². The molecule has 5 rings (SSSR count). The summed E-state index contributed by atoms with van der Waals surface area (Å²) in [7, 11) is 1.59. The van der Waals surface area contributed by atoms with E-state index >= 15 is 0 Å². The lowest BCUT2D eigenvalue weighted by atomic mass is 10.1. The van der Waals surface area contributed by atoms with E-state index in [0.29, 0.717) is 47.1 Å². The van der Waals surface area contributed by atoms with Gasteiger partial charge in [-0.3, -0.25) is 28.9 Å². The van der Waals surface area contributed by atoms with Crippen LogP contribution in [0.25, 0.3) is 11.2 Å². The van der Waals surface area contributed by atoms with Gasteiger partial charge in [0, 0.05) is 31.4 Å². The monoisotopic (exact) mass is 652 g/mol. The SMILES string of the molecule is CCn1nc(C)cc1C(=O)Nc1nc2cc(C(N)=O)cnc2n1C/C=C/CNc1c(N)cc(C(N)=O)cc1OCc1ccc(OC)cc1.